The number of fused-ring (bicyclic) bond motifs is 3. The fourth-order valence-corrected chi connectivity index (χ4v) is 5.04. The third-order valence-electron chi connectivity index (χ3n) is 5.31. The number of hydrogen-bond acceptors (Lipinski definition) is 7. The number of anilines is 1. The summed E-state index contributed by atoms with van der Waals surface area (Å²) in [6.07, 6.45) is 7.80. The molecule has 24 heavy (non-hydrogen) atoms. The van der Waals surface area contributed by atoms with Gasteiger partial charge in [0.15, 0.2) is 5.13 Å². The van der Waals surface area contributed by atoms with E-state index in [9.17, 15) is 0 Å². The minimum absolute atomic E-state index is 0.275. The Balaban J connectivity index is 1.27. The van der Waals surface area contributed by atoms with Gasteiger partial charge < -0.3 is 9.64 Å². The Labute approximate surface area is 145 Å². The number of aromatic nitrogens is 4. The minimum Gasteiger partial charge on any atom is -0.370 e. The normalized spacial score (nSPS) is 27.2. The third kappa shape index (κ3) is 2.62. The molecule has 0 radical (unpaired) electrons. The Bertz CT molecular complexity index is 709. The van der Waals surface area contributed by atoms with E-state index in [0.717, 1.165) is 44.8 Å². The van der Waals surface area contributed by atoms with Crippen LogP contribution in [0, 0.1) is 0 Å². The first-order chi connectivity index (χ1) is 11.9. The molecule has 0 saturated carbocycles. The van der Waals surface area contributed by atoms with E-state index in [2.05, 4.69) is 36.0 Å². The third-order valence-corrected chi connectivity index (χ3v) is 6.35. The van der Waals surface area contributed by atoms with Crippen LogP contribution in [0.2, 0.25) is 0 Å². The zero-order valence-electron chi connectivity index (χ0n) is 13.7. The zero-order valence-corrected chi connectivity index (χ0v) is 14.5. The van der Waals surface area contributed by atoms with Crippen LogP contribution in [0.5, 0.6) is 0 Å². The molecule has 2 saturated heterocycles. The monoisotopic (exact) mass is 346 g/mol. The number of rotatable bonds is 3. The summed E-state index contributed by atoms with van der Waals surface area (Å²) in [7, 11) is 0. The van der Waals surface area contributed by atoms with Crippen molar-refractivity contribution in [1.82, 2.24) is 24.9 Å². The van der Waals surface area contributed by atoms with E-state index in [1.54, 1.807) is 0 Å². The molecule has 7 nitrogen and oxygen atoms in total. The zero-order chi connectivity index (χ0) is 15.9. The van der Waals surface area contributed by atoms with Crippen molar-refractivity contribution in [3.8, 4) is 0 Å². The Morgan fingerprint density at radius 1 is 1.21 bits per heavy atom. The molecule has 5 heterocycles. The summed E-state index contributed by atoms with van der Waals surface area (Å²) in [6, 6.07) is 0.288. The Morgan fingerprint density at radius 2 is 2.12 bits per heavy atom. The molecule has 8 heteroatoms. The molecule has 0 spiro atoms. The van der Waals surface area contributed by atoms with Gasteiger partial charge in [-0.3, -0.25) is 4.90 Å². The molecule has 0 bridgehead atoms. The second-order valence-electron chi connectivity index (χ2n) is 6.91. The maximum atomic E-state index is 5.99. The molecule has 2 aromatic rings. The molecule has 128 valence electrons. The van der Waals surface area contributed by atoms with Gasteiger partial charge in [-0.1, -0.05) is 5.21 Å². The van der Waals surface area contributed by atoms with Crippen molar-refractivity contribution in [2.24, 2.45) is 0 Å². The van der Waals surface area contributed by atoms with Crippen LogP contribution < -0.4 is 4.90 Å². The Kier molecular flexibility index (Phi) is 3.76. The van der Waals surface area contributed by atoms with E-state index in [0.29, 0.717) is 6.61 Å². The maximum absolute atomic E-state index is 5.99. The van der Waals surface area contributed by atoms with Gasteiger partial charge in [0.25, 0.3) is 0 Å². The van der Waals surface area contributed by atoms with E-state index >= 15 is 0 Å². The fourth-order valence-electron chi connectivity index (χ4n) is 4.03. The van der Waals surface area contributed by atoms with Gasteiger partial charge in [0, 0.05) is 43.8 Å². The molecule has 2 atom stereocenters. The summed E-state index contributed by atoms with van der Waals surface area (Å²) < 4.78 is 8.07. The van der Waals surface area contributed by atoms with Crippen LogP contribution in [0.4, 0.5) is 5.13 Å². The molecular weight excluding hydrogens is 324 g/mol. The highest BCUT2D eigenvalue weighted by atomic mass is 32.1. The van der Waals surface area contributed by atoms with E-state index < -0.39 is 0 Å². The van der Waals surface area contributed by atoms with Crippen molar-refractivity contribution in [2.75, 3.05) is 31.1 Å². The number of likely N-dealkylation sites (tertiary alicyclic amines) is 1. The van der Waals surface area contributed by atoms with Crippen LogP contribution in [-0.4, -0.2) is 57.2 Å². The number of hydrogen-bond donors (Lipinski definition) is 0. The molecule has 0 unspecified atom stereocenters. The van der Waals surface area contributed by atoms with Crippen molar-refractivity contribution in [1.29, 1.82) is 0 Å². The van der Waals surface area contributed by atoms with E-state index in [1.165, 1.54) is 22.9 Å². The highest BCUT2D eigenvalue weighted by molar-refractivity contribution is 7.15. The van der Waals surface area contributed by atoms with Gasteiger partial charge in [0.1, 0.15) is 0 Å². The van der Waals surface area contributed by atoms with Crippen molar-refractivity contribution < 1.29 is 4.74 Å². The average molecular weight is 346 g/mol. The van der Waals surface area contributed by atoms with E-state index in [1.807, 2.05) is 17.5 Å². The molecule has 0 aliphatic carbocycles. The molecular formula is C16H22N6OS. The summed E-state index contributed by atoms with van der Waals surface area (Å²) in [6.45, 7) is 5.97. The van der Waals surface area contributed by atoms with Crippen LogP contribution in [0.25, 0.3) is 0 Å². The highest BCUT2D eigenvalue weighted by Gasteiger charge is 2.36. The Hall–Kier alpha value is -1.51. The van der Waals surface area contributed by atoms with Gasteiger partial charge in [0.2, 0.25) is 0 Å². The van der Waals surface area contributed by atoms with E-state index in [-0.39, 0.29) is 12.1 Å². The second kappa shape index (κ2) is 6.09. The van der Waals surface area contributed by atoms with Gasteiger partial charge in [-0.05, 0) is 19.3 Å². The summed E-state index contributed by atoms with van der Waals surface area (Å²) in [5.41, 5.74) is 1.09. The van der Waals surface area contributed by atoms with Gasteiger partial charge >= 0.3 is 0 Å². The van der Waals surface area contributed by atoms with Gasteiger partial charge in [-0.15, -0.1) is 16.4 Å². The molecule has 2 fully saturated rings. The maximum Gasteiger partial charge on any atom is 0.185 e. The molecule has 3 aliphatic rings. The SMILES string of the molecule is c1nc(N2CCCC2)sc1CN1CC[C@H]2OCc3cnnn3[C@H]2C1. The lowest BCUT2D eigenvalue weighted by Gasteiger charge is -2.40. The van der Waals surface area contributed by atoms with Crippen molar-refractivity contribution >= 4 is 16.5 Å². The number of ether oxygens (including phenoxy) is 1. The highest BCUT2D eigenvalue weighted by Crippen LogP contribution is 2.32. The van der Waals surface area contributed by atoms with Crippen LogP contribution in [-0.2, 0) is 17.9 Å². The van der Waals surface area contributed by atoms with Gasteiger partial charge in [0.05, 0.1) is 30.6 Å². The largest absolute Gasteiger partial charge is 0.370 e. The van der Waals surface area contributed by atoms with Crippen molar-refractivity contribution in [2.45, 2.75) is 44.6 Å². The number of thiazole rings is 1. The Morgan fingerprint density at radius 3 is 3.04 bits per heavy atom. The van der Waals surface area contributed by atoms with Crippen LogP contribution >= 0.6 is 11.3 Å². The summed E-state index contributed by atoms with van der Waals surface area (Å²) >= 11 is 1.85. The van der Waals surface area contributed by atoms with Crippen molar-refractivity contribution in [3.63, 3.8) is 0 Å². The van der Waals surface area contributed by atoms with E-state index in [4.69, 9.17) is 4.74 Å². The first-order valence-electron chi connectivity index (χ1n) is 8.79. The summed E-state index contributed by atoms with van der Waals surface area (Å²) in [4.78, 5) is 10.9. The summed E-state index contributed by atoms with van der Waals surface area (Å²) in [5, 5.41) is 9.53. The first-order valence-corrected chi connectivity index (χ1v) is 9.61. The molecule has 0 amide bonds. The van der Waals surface area contributed by atoms with Gasteiger partial charge in [-0.2, -0.15) is 0 Å². The predicted octanol–water partition coefficient (Wildman–Crippen LogP) is 1.68. The topological polar surface area (TPSA) is 59.3 Å². The number of nitrogens with zero attached hydrogens (tertiary/aromatic N) is 6. The second-order valence-corrected chi connectivity index (χ2v) is 8.01. The van der Waals surface area contributed by atoms with Crippen LogP contribution in [0.15, 0.2) is 12.4 Å². The van der Waals surface area contributed by atoms with Gasteiger partial charge in [-0.25, -0.2) is 9.67 Å². The lowest BCUT2D eigenvalue weighted by molar-refractivity contribution is -0.0668. The molecule has 0 aromatic carbocycles. The quantitative estimate of drug-likeness (QED) is 0.843. The standard InChI is InChI=1S/C16H22N6OS/c1-2-5-21(4-1)16-17-8-13(24-16)9-20-6-3-15-14(10-20)22-12(11-23-15)7-18-19-22/h7-8,14-15H,1-6,9-11H2/t14-,15+/m0/s1. The molecule has 3 aliphatic heterocycles. The summed E-state index contributed by atoms with van der Waals surface area (Å²) in [5.74, 6) is 0. The fraction of sp³-hybridized carbons (Fsp3) is 0.688. The van der Waals surface area contributed by atoms with Crippen LogP contribution in [0.3, 0.4) is 0 Å². The molecule has 0 N–H and O–H groups in total. The lowest BCUT2D eigenvalue weighted by Crippen LogP contribution is -2.47. The van der Waals surface area contributed by atoms with Crippen LogP contribution in [0.1, 0.15) is 35.9 Å². The molecule has 5 rings (SSSR count). The number of piperidine rings is 1. The first kappa shape index (κ1) is 14.8. The molecule has 2 aromatic heterocycles. The smallest absolute Gasteiger partial charge is 0.185 e. The van der Waals surface area contributed by atoms with Crippen molar-refractivity contribution in [3.05, 3.63) is 23.0 Å². The lowest BCUT2D eigenvalue weighted by atomic mass is 10.0. The minimum atomic E-state index is 0.275. The average Bonchev–Trinajstić information content (AvgIpc) is 3.35. The predicted molar refractivity (Wildman–Crippen MR) is 91.1 cm³/mol.